The monoisotopic (exact) mass is 210 g/mol. The summed E-state index contributed by atoms with van der Waals surface area (Å²) >= 11 is 0. The van der Waals surface area contributed by atoms with Gasteiger partial charge in [-0.15, -0.1) is 0 Å². The molecule has 1 aliphatic heterocycles. The molecule has 1 heterocycles. The van der Waals surface area contributed by atoms with Crippen molar-refractivity contribution in [1.29, 1.82) is 0 Å². The number of aliphatic hydroxyl groups excluding tert-OH is 1. The molecule has 2 saturated carbocycles. The highest BCUT2D eigenvalue weighted by Crippen LogP contribution is 2.55. The van der Waals surface area contributed by atoms with E-state index in [0.29, 0.717) is 11.8 Å². The molecule has 1 spiro atoms. The van der Waals surface area contributed by atoms with Crippen molar-refractivity contribution >= 4 is 0 Å². The van der Waals surface area contributed by atoms with E-state index in [0.717, 1.165) is 32.5 Å². The third-order valence-electron chi connectivity index (χ3n) is 4.30. The van der Waals surface area contributed by atoms with E-state index in [1.807, 2.05) is 0 Å². The van der Waals surface area contributed by atoms with Crippen LogP contribution in [0.2, 0.25) is 0 Å². The van der Waals surface area contributed by atoms with Crippen LogP contribution in [0.5, 0.6) is 0 Å². The number of hydrogen-bond acceptors (Lipinski definition) is 3. The van der Waals surface area contributed by atoms with Crippen LogP contribution in [0.1, 0.15) is 19.3 Å². The molecule has 84 valence electrons. The van der Waals surface area contributed by atoms with E-state index in [1.165, 1.54) is 5.57 Å². The first-order valence-electron chi connectivity index (χ1n) is 5.80. The van der Waals surface area contributed by atoms with Crippen LogP contribution in [0.15, 0.2) is 12.2 Å². The minimum Gasteiger partial charge on any atom is -0.396 e. The summed E-state index contributed by atoms with van der Waals surface area (Å²) in [5, 5.41) is 9.37. The fraction of sp³-hybridized carbons (Fsp3) is 0.833. The second kappa shape index (κ2) is 3.30. The van der Waals surface area contributed by atoms with Crippen LogP contribution in [-0.2, 0) is 9.47 Å². The summed E-state index contributed by atoms with van der Waals surface area (Å²) in [6, 6.07) is 0. The Balaban J connectivity index is 1.79. The highest BCUT2D eigenvalue weighted by atomic mass is 16.7. The van der Waals surface area contributed by atoms with Crippen molar-refractivity contribution < 1.29 is 14.6 Å². The summed E-state index contributed by atoms with van der Waals surface area (Å²) in [4.78, 5) is 0. The molecule has 0 radical (unpaired) electrons. The Bertz CT molecular complexity index is 281. The summed E-state index contributed by atoms with van der Waals surface area (Å²) in [6.07, 6.45) is 2.99. The van der Waals surface area contributed by atoms with Gasteiger partial charge in [-0.25, -0.2) is 0 Å². The fourth-order valence-electron chi connectivity index (χ4n) is 3.64. The summed E-state index contributed by atoms with van der Waals surface area (Å²) < 4.78 is 11.5. The molecular formula is C12H18O3. The average molecular weight is 210 g/mol. The summed E-state index contributed by atoms with van der Waals surface area (Å²) in [5.74, 6) is 1.12. The second-order valence-corrected chi connectivity index (χ2v) is 5.09. The van der Waals surface area contributed by atoms with Gasteiger partial charge in [0, 0.05) is 25.4 Å². The minimum absolute atomic E-state index is 0.232. The molecule has 0 bridgehead atoms. The lowest BCUT2D eigenvalue weighted by Crippen LogP contribution is -2.28. The standard InChI is InChI=1S/C12H18O3/c1-8-4-9-5-12(14-2-3-15-12)6-10(9)11(8)7-13/h9-11,13H,1-7H2/t9-,10+,11+/m1/s1. The topological polar surface area (TPSA) is 38.7 Å². The molecule has 0 unspecified atom stereocenters. The molecule has 0 aromatic rings. The summed E-state index contributed by atoms with van der Waals surface area (Å²) in [7, 11) is 0. The lowest BCUT2D eigenvalue weighted by atomic mass is 9.91. The van der Waals surface area contributed by atoms with Crippen molar-refractivity contribution in [1.82, 2.24) is 0 Å². The van der Waals surface area contributed by atoms with Gasteiger partial charge in [0.15, 0.2) is 5.79 Å². The minimum atomic E-state index is -0.302. The predicted molar refractivity (Wildman–Crippen MR) is 55.2 cm³/mol. The third kappa shape index (κ3) is 1.37. The molecule has 3 atom stereocenters. The Hall–Kier alpha value is -0.380. The summed E-state index contributed by atoms with van der Waals surface area (Å²) in [5.41, 5.74) is 1.22. The van der Waals surface area contributed by atoms with Crippen LogP contribution in [-0.4, -0.2) is 30.7 Å². The molecule has 2 aliphatic carbocycles. The normalized spacial score (nSPS) is 42.7. The Morgan fingerprint density at radius 1 is 1.33 bits per heavy atom. The predicted octanol–water partition coefficient (Wildman–Crippen LogP) is 1.32. The Morgan fingerprint density at radius 3 is 2.73 bits per heavy atom. The molecule has 3 fully saturated rings. The van der Waals surface area contributed by atoms with E-state index in [1.54, 1.807) is 0 Å². The number of rotatable bonds is 1. The fourth-order valence-corrected chi connectivity index (χ4v) is 3.64. The average Bonchev–Trinajstić information content (AvgIpc) is 2.83. The van der Waals surface area contributed by atoms with Crippen molar-refractivity contribution in [3.8, 4) is 0 Å². The lowest BCUT2D eigenvalue weighted by Gasteiger charge is -2.24. The highest BCUT2D eigenvalue weighted by Gasteiger charge is 2.54. The first-order chi connectivity index (χ1) is 7.24. The van der Waals surface area contributed by atoms with Crippen molar-refractivity contribution in [2.75, 3.05) is 19.8 Å². The Kier molecular flexibility index (Phi) is 2.16. The maximum absolute atomic E-state index is 9.37. The molecular weight excluding hydrogens is 192 g/mol. The van der Waals surface area contributed by atoms with Gasteiger partial charge in [0.25, 0.3) is 0 Å². The van der Waals surface area contributed by atoms with Crippen LogP contribution < -0.4 is 0 Å². The van der Waals surface area contributed by atoms with E-state index in [-0.39, 0.29) is 18.3 Å². The number of ether oxygens (including phenoxy) is 2. The van der Waals surface area contributed by atoms with Crippen molar-refractivity contribution in [3.63, 3.8) is 0 Å². The quantitative estimate of drug-likeness (QED) is 0.663. The van der Waals surface area contributed by atoms with Crippen LogP contribution in [0.4, 0.5) is 0 Å². The SMILES string of the molecule is C=C1C[C@@H]2CC3(C[C@@H]2[C@H]1CO)OCCO3. The zero-order chi connectivity index (χ0) is 10.5. The van der Waals surface area contributed by atoms with Crippen molar-refractivity contribution in [3.05, 3.63) is 12.2 Å². The molecule has 15 heavy (non-hydrogen) atoms. The van der Waals surface area contributed by atoms with Gasteiger partial charge >= 0.3 is 0 Å². The lowest BCUT2D eigenvalue weighted by molar-refractivity contribution is -0.155. The molecule has 3 nitrogen and oxygen atoms in total. The summed E-state index contributed by atoms with van der Waals surface area (Å²) in [6.45, 7) is 5.75. The maximum Gasteiger partial charge on any atom is 0.169 e. The van der Waals surface area contributed by atoms with Crippen molar-refractivity contribution in [2.24, 2.45) is 17.8 Å². The van der Waals surface area contributed by atoms with Gasteiger partial charge in [0.05, 0.1) is 13.2 Å². The van der Waals surface area contributed by atoms with Crippen molar-refractivity contribution in [2.45, 2.75) is 25.0 Å². The van der Waals surface area contributed by atoms with E-state index < -0.39 is 0 Å². The number of fused-ring (bicyclic) bond motifs is 1. The number of hydrogen-bond donors (Lipinski definition) is 1. The molecule has 3 aliphatic rings. The van der Waals surface area contributed by atoms with Gasteiger partial charge < -0.3 is 14.6 Å². The molecule has 0 amide bonds. The molecule has 1 saturated heterocycles. The second-order valence-electron chi connectivity index (χ2n) is 5.09. The molecule has 3 rings (SSSR count). The van der Waals surface area contributed by atoms with E-state index in [9.17, 15) is 5.11 Å². The van der Waals surface area contributed by atoms with Gasteiger partial charge in [-0.05, 0) is 18.3 Å². The third-order valence-corrected chi connectivity index (χ3v) is 4.30. The van der Waals surface area contributed by atoms with E-state index >= 15 is 0 Å². The maximum atomic E-state index is 9.37. The largest absolute Gasteiger partial charge is 0.396 e. The van der Waals surface area contributed by atoms with Crippen LogP contribution >= 0.6 is 0 Å². The molecule has 3 heteroatoms. The van der Waals surface area contributed by atoms with E-state index in [4.69, 9.17) is 9.47 Å². The molecule has 1 N–H and O–H groups in total. The van der Waals surface area contributed by atoms with Gasteiger partial charge in [-0.3, -0.25) is 0 Å². The van der Waals surface area contributed by atoms with Gasteiger partial charge in [-0.2, -0.15) is 0 Å². The van der Waals surface area contributed by atoms with Gasteiger partial charge in [0.1, 0.15) is 0 Å². The smallest absolute Gasteiger partial charge is 0.169 e. The van der Waals surface area contributed by atoms with Crippen LogP contribution in [0, 0.1) is 17.8 Å². The number of aliphatic hydroxyl groups is 1. The van der Waals surface area contributed by atoms with Crippen LogP contribution in [0.25, 0.3) is 0 Å². The Labute approximate surface area is 90.1 Å². The Morgan fingerprint density at radius 2 is 2.07 bits per heavy atom. The van der Waals surface area contributed by atoms with Crippen LogP contribution in [0.3, 0.4) is 0 Å². The first kappa shape index (κ1) is 9.82. The molecule has 0 aromatic heterocycles. The first-order valence-corrected chi connectivity index (χ1v) is 5.80. The van der Waals surface area contributed by atoms with E-state index in [2.05, 4.69) is 6.58 Å². The van der Waals surface area contributed by atoms with Gasteiger partial charge in [-0.1, -0.05) is 12.2 Å². The zero-order valence-electron chi connectivity index (χ0n) is 8.95. The van der Waals surface area contributed by atoms with Gasteiger partial charge in [0.2, 0.25) is 0 Å². The highest BCUT2D eigenvalue weighted by molar-refractivity contribution is 5.16. The molecule has 0 aromatic carbocycles. The zero-order valence-corrected chi connectivity index (χ0v) is 8.95.